The monoisotopic (exact) mass is 294 g/mol. The predicted octanol–water partition coefficient (Wildman–Crippen LogP) is 0.819. The van der Waals surface area contributed by atoms with Crippen LogP contribution in [-0.2, 0) is 18.8 Å². The van der Waals surface area contributed by atoms with Crippen molar-refractivity contribution in [2.45, 2.75) is 51.6 Å². The molecule has 0 amide bonds. The van der Waals surface area contributed by atoms with Gasteiger partial charge < -0.3 is 23.8 Å². The molecular formula is C12H23O6P-2. The van der Waals surface area contributed by atoms with Crippen LogP contribution in [0, 0.1) is 0 Å². The normalized spacial score (nSPS) is 15.6. The molecule has 0 spiro atoms. The highest BCUT2D eigenvalue weighted by molar-refractivity contribution is 7.51. The van der Waals surface area contributed by atoms with Gasteiger partial charge >= 0.3 is 5.97 Å². The second-order valence-corrected chi connectivity index (χ2v) is 6.13. The Hall–Kier alpha value is -0.420. The molecule has 1 aliphatic rings. The smallest absolute Gasteiger partial charge is 0.317 e. The lowest BCUT2D eigenvalue weighted by Crippen LogP contribution is -2.46. The average molecular weight is 294 g/mol. The van der Waals surface area contributed by atoms with Crippen LogP contribution in [0.25, 0.3) is 0 Å². The Labute approximate surface area is 114 Å². The molecule has 7 heteroatoms. The lowest BCUT2D eigenvalue weighted by atomic mass is 10.0. The minimum absolute atomic E-state index is 0.0490. The summed E-state index contributed by atoms with van der Waals surface area (Å²) in [7, 11) is -4.97. The lowest BCUT2D eigenvalue weighted by molar-refractivity contribution is -0.320. The third-order valence-corrected chi connectivity index (χ3v) is 5.04. The summed E-state index contributed by atoms with van der Waals surface area (Å²) in [6.45, 7) is 6.61. The van der Waals surface area contributed by atoms with E-state index in [1.807, 2.05) is 0 Å². The van der Waals surface area contributed by atoms with Gasteiger partial charge in [-0.3, -0.25) is 4.79 Å². The highest BCUT2D eigenvalue weighted by Crippen LogP contribution is 2.48. The number of ether oxygens (including phenoxy) is 2. The number of hydrogen-bond donors (Lipinski definition) is 0. The number of hydrogen-bond acceptors (Lipinski definition) is 6. The summed E-state index contributed by atoms with van der Waals surface area (Å²) in [5, 5.41) is -1.89. The second kappa shape index (κ2) is 8.69. The van der Waals surface area contributed by atoms with Crippen LogP contribution in [0.3, 0.4) is 0 Å². The predicted molar refractivity (Wildman–Crippen MR) is 67.6 cm³/mol. The first-order valence-electron chi connectivity index (χ1n) is 6.62. The zero-order chi connectivity index (χ0) is 14.9. The van der Waals surface area contributed by atoms with Crippen LogP contribution >= 0.6 is 7.60 Å². The number of rotatable bonds is 5. The Kier molecular flexibility index (Phi) is 8.50. The molecule has 0 bridgehead atoms. The van der Waals surface area contributed by atoms with Crippen molar-refractivity contribution < 1.29 is 28.6 Å². The third kappa shape index (κ3) is 5.22. The summed E-state index contributed by atoms with van der Waals surface area (Å²) >= 11 is 0. The molecule has 6 nitrogen and oxygen atoms in total. The molecule has 1 fully saturated rings. The van der Waals surface area contributed by atoms with Gasteiger partial charge in [-0.15, -0.1) is 0 Å². The fourth-order valence-corrected chi connectivity index (χ4v) is 2.88. The number of esters is 1. The van der Waals surface area contributed by atoms with E-state index in [0.717, 1.165) is 13.2 Å². The molecule has 0 radical (unpaired) electrons. The van der Waals surface area contributed by atoms with E-state index in [4.69, 9.17) is 4.74 Å². The van der Waals surface area contributed by atoms with Crippen LogP contribution in [0.1, 0.15) is 46.5 Å². The Morgan fingerprint density at radius 2 is 1.68 bits per heavy atom. The van der Waals surface area contributed by atoms with Gasteiger partial charge in [0, 0.05) is 13.2 Å². The van der Waals surface area contributed by atoms with E-state index in [1.165, 1.54) is 26.7 Å². The topological polar surface area (TPSA) is 98.7 Å². The molecule has 1 heterocycles. The minimum atomic E-state index is -4.97. The van der Waals surface area contributed by atoms with Crippen molar-refractivity contribution >= 4 is 13.6 Å². The third-order valence-electron chi connectivity index (χ3n) is 3.18. The highest BCUT2D eigenvalue weighted by atomic mass is 31.2. The van der Waals surface area contributed by atoms with Crippen LogP contribution in [0.15, 0.2) is 0 Å². The van der Waals surface area contributed by atoms with Crippen LogP contribution in [-0.4, -0.2) is 30.9 Å². The summed E-state index contributed by atoms with van der Waals surface area (Å²) in [5.41, 5.74) is 0. The molecule has 0 N–H and O–H groups in total. The van der Waals surface area contributed by atoms with Crippen LogP contribution < -0.4 is 9.79 Å². The summed E-state index contributed by atoms with van der Waals surface area (Å²) < 4.78 is 20.6. The second-order valence-electron chi connectivity index (χ2n) is 4.28. The molecular weight excluding hydrogens is 271 g/mol. The van der Waals surface area contributed by atoms with Gasteiger partial charge in [0.25, 0.3) is 0 Å². The van der Waals surface area contributed by atoms with Crippen LogP contribution in [0.5, 0.6) is 0 Å². The van der Waals surface area contributed by atoms with Gasteiger partial charge in [-0.1, -0.05) is 13.8 Å². The summed E-state index contributed by atoms with van der Waals surface area (Å²) in [4.78, 5) is 33.4. The molecule has 1 saturated heterocycles. The van der Waals surface area contributed by atoms with Crippen molar-refractivity contribution in [2.24, 2.45) is 0 Å². The molecule has 0 aromatic heterocycles. The quantitative estimate of drug-likeness (QED) is 0.550. The van der Waals surface area contributed by atoms with E-state index in [-0.39, 0.29) is 19.4 Å². The van der Waals surface area contributed by atoms with E-state index in [2.05, 4.69) is 4.74 Å². The Morgan fingerprint density at radius 3 is 1.89 bits per heavy atom. The lowest BCUT2D eigenvalue weighted by Gasteiger charge is -2.46. The van der Waals surface area contributed by atoms with Crippen molar-refractivity contribution in [1.82, 2.24) is 0 Å². The van der Waals surface area contributed by atoms with E-state index in [1.54, 1.807) is 6.92 Å². The Bertz CT molecular complexity index is 296. The standard InChI is InChI=1S/C8H17O5P.C4H8O/c1-4-8(5-2,14(10,11)12)7(9)13-6-3;1-2-4-5-3-1/h4-6H2,1-3H3,(H2,10,11,12);1-4H2/p-2. The first kappa shape index (κ1) is 18.6. The zero-order valence-electron chi connectivity index (χ0n) is 11.8. The van der Waals surface area contributed by atoms with Gasteiger partial charge in [-0.05, 0) is 40.2 Å². The Balaban J connectivity index is 0.000000532. The molecule has 114 valence electrons. The maximum atomic E-state index is 11.4. The fraction of sp³-hybridized carbons (Fsp3) is 0.917. The average Bonchev–Trinajstić information content (AvgIpc) is 2.88. The molecule has 0 unspecified atom stereocenters. The fourth-order valence-electron chi connectivity index (χ4n) is 1.81. The highest BCUT2D eigenvalue weighted by Gasteiger charge is 2.39. The summed E-state index contributed by atoms with van der Waals surface area (Å²) in [5.74, 6) is -0.932. The molecule has 0 saturated carbocycles. The first-order chi connectivity index (χ1) is 8.85. The number of carbonyl (C=O) groups excluding carboxylic acids is 1. The van der Waals surface area contributed by atoms with Crippen molar-refractivity contribution in [3.63, 3.8) is 0 Å². The summed E-state index contributed by atoms with van der Waals surface area (Å²) in [6.07, 6.45) is 2.46. The van der Waals surface area contributed by atoms with Gasteiger partial charge in [-0.25, -0.2) is 0 Å². The van der Waals surface area contributed by atoms with E-state index >= 15 is 0 Å². The van der Waals surface area contributed by atoms with Crippen LogP contribution in [0.2, 0.25) is 0 Å². The Morgan fingerprint density at radius 1 is 1.21 bits per heavy atom. The SMILES string of the molecule is C1CCOC1.CCOC(=O)C(CC)(CC)P(=O)([O-])[O-]. The van der Waals surface area contributed by atoms with Crippen molar-refractivity contribution in [1.29, 1.82) is 0 Å². The number of carbonyl (C=O) groups is 1. The van der Waals surface area contributed by atoms with Gasteiger partial charge in [-0.2, -0.15) is 0 Å². The van der Waals surface area contributed by atoms with Crippen molar-refractivity contribution in [2.75, 3.05) is 19.8 Å². The molecule has 1 rings (SSSR count). The van der Waals surface area contributed by atoms with Crippen molar-refractivity contribution in [3.8, 4) is 0 Å². The molecule has 0 aromatic carbocycles. The van der Waals surface area contributed by atoms with Gasteiger partial charge in [0.1, 0.15) is 0 Å². The van der Waals surface area contributed by atoms with Gasteiger partial charge in [0.2, 0.25) is 0 Å². The first-order valence-corrected chi connectivity index (χ1v) is 8.17. The molecule has 0 atom stereocenters. The molecule has 1 aliphatic heterocycles. The zero-order valence-corrected chi connectivity index (χ0v) is 12.7. The van der Waals surface area contributed by atoms with Crippen LogP contribution in [0.4, 0.5) is 0 Å². The van der Waals surface area contributed by atoms with E-state index in [0.29, 0.717) is 0 Å². The minimum Gasteiger partial charge on any atom is -0.810 e. The molecule has 0 aliphatic carbocycles. The van der Waals surface area contributed by atoms with E-state index in [9.17, 15) is 19.1 Å². The van der Waals surface area contributed by atoms with Gasteiger partial charge in [0.05, 0.1) is 11.8 Å². The molecule has 0 aromatic rings. The van der Waals surface area contributed by atoms with E-state index < -0.39 is 18.7 Å². The van der Waals surface area contributed by atoms with Crippen molar-refractivity contribution in [3.05, 3.63) is 0 Å². The largest absolute Gasteiger partial charge is 0.810 e. The van der Waals surface area contributed by atoms with Gasteiger partial charge in [0.15, 0.2) is 0 Å². The summed E-state index contributed by atoms with van der Waals surface area (Å²) in [6, 6.07) is 0. The maximum absolute atomic E-state index is 11.4. The molecule has 19 heavy (non-hydrogen) atoms. The maximum Gasteiger partial charge on any atom is 0.317 e.